The zero-order valence-electron chi connectivity index (χ0n) is 18.5. The van der Waals surface area contributed by atoms with Gasteiger partial charge in [0.25, 0.3) is 5.91 Å². The van der Waals surface area contributed by atoms with Crippen LogP contribution in [-0.4, -0.2) is 28.4 Å². The number of imidazole rings is 1. The Labute approximate surface area is 193 Å². The monoisotopic (exact) mass is 439 g/mol. The van der Waals surface area contributed by atoms with Crippen LogP contribution >= 0.6 is 0 Å². The summed E-state index contributed by atoms with van der Waals surface area (Å²) in [6.07, 6.45) is 10.8. The fourth-order valence-electron chi connectivity index (χ4n) is 4.29. The Balaban J connectivity index is 1.61. The molecule has 1 aromatic heterocycles. The summed E-state index contributed by atoms with van der Waals surface area (Å²) >= 11 is 0. The molecule has 0 spiro atoms. The number of nitrogens with one attached hydrogen (secondary N) is 1. The summed E-state index contributed by atoms with van der Waals surface area (Å²) in [4.78, 5) is 32.0. The number of carbonyl (C=O) groups is 2. The van der Waals surface area contributed by atoms with E-state index >= 15 is 0 Å². The van der Waals surface area contributed by atoms with Crippen molar-refractivity contribution < 1.29 is 9.59 Å². The van der Waals surface area contributed by atoms with E-state index in [4.69, 9.17) is 11.7 Å². The maximum Gasteiger partial charge on any atom is 0.257 e. The zero-order chi connectivity index (χ0) is 23.4. The van der Waals surface area contributed by atoms with Gasteiger partial charge in [-0.1, -0.05) is 25.2 Å². The summed E-state index contributed by atoms with van der Waals surface area (Å²) in [6, 6.07) is 14.0. The van der Waals surface area contributed by atoms with E-state index in [0.717, 1.165) is 36.9 Å². The summed E-state index contributed by atoms with van der Waals surface area (Å²) < 4.78 is 1.75. The molecule has 33 heavy (non-hydrogen) atoms. The average molecular weight is 440 g/mol. The molecule has 0 radical (unpaired) electrons. The van der Waals surface area contributed by atoms with Gasteiger partial charge in [-0.05, 0) is 55.3 Å². The molecule has 0 atom stereocenters. The molecule has 2 amide bonds. The quantitative estimate of drug-likeness (QED) is 0.599. The number of hydrogen-bond donors (Lipinski definition) is 1. The second-order valence-corrected chi connectivity index (χ2v) is 8.27. The van der Waals surface area contributed by atoms with Gasteiger partial charge in [-0.2, -0.15) is 5.26 Å². The van der Waals surface area contributed by atoms with Crippen LogP contribution in [0.4, 0.5) is 11.6 Å². The second-order valence-electron chi connectivity index (χ2n) is 8.27. The van der Waals surface area contributed by atoms with Crippen molar-refractivity contribution in [2.75, 3.05) is 17.3 Å². The lowest BCUT2D eigenvalue weighted by Gasteiger charge is -2.26. The van der Waals surface area contributed by atoms with E-state index in [0.29, 0.717) is 22.6 Å². The van der Waals surface area contributed by atoms with Crippen LogP contribution in [0, 0.1) is 29.6 Å². The summed E-state index contributed by atoms with van der Waals surface area (Å²) in [5.41, 5.74) is 3.05. The average Bonchev–Trinajstić information content (AvgIpc) is 3.19. The minimum absolute atomic E-state index is 0.0701. The second kappa shape index (κ2) is 9.58. The fraction of sp³-hybridized carbons (Fsp3) is 0.308. The molecule has 166 valence electrons. The van der Waals surface area contributed by atoms with Crippen LogP contribution in [0.15, 0.2) is 42.5 Å². The highest BCUT2D eigenvalue weighted by molar-refractivity contribution is 6.04. The third-order valence-corrected chi connectivity index (χ3v) is 6.16. The van der Waals surface area contributed by atoms with Gasteiger partial charge in [0.05, 0.1) is 29.2 Å². The van der Waals surface area contributed by atoms with Gasteiger partial charge in [0.2, 0.25) is 11.9 Å². The van der Waals surface area contributed by atoms with Crippen molar-refractivity contribution in [1.82, 2.24) is 9.55 Å². The first kappa shape index (κ1) is 22.1. The number of carbonyl (C=O) groups excluding carboxylic acids is 2. The normalized spacial score (nSPS) is 13.8. The van der Waals surface area contributed by atoms with Gasteiger partial charge in [0, 0.05) is 24.2 Å². The molecule has 1 N–H and O–H groups in total. The number of benzene rings is 2. The van der Waals surface area contributed by atoms with Crippen LogP contribution in [0.25, 0.3) is 11.0 Å². The highest BCUT2D eigenvalue weighted by atomic mass is 16.2. The van der Waals surface area contributed by atoms with Gasteiger partial charge in [-0.25, -0.2) is 4.98 Å². The number of nitriles is 1. The lowest BCUT2D eigenvalue weighted by Crippen LogP contribution is -2.33. The third kappa shape index (κ3) is 4.58. The standard InChI is InChI=1S/C26H25N5O2/c1-3-15-31-23-14-13-21(30(2)25(33)20-7-5-4-6-8-20)16-22(23)28-26(31)29-24(32)19-11-9-18(17-27)10-12-19/h1,9-14,16,20H,4-8,15H2,2H3,(H,28,29,32). The van der Waals surface area contributed by atoms with Crippen molar-refractivity contribution >= 4 is 34.5 Å². The van der Waals surface area contributed by atoms with E-state index in [1.165, 1.54) is 6.42 Å². The number of fused-ring (bicyclic) bond motifs is 1. The van der Waals surface area contributed by atoms with Gasteiger partial charge in [0.1, 0.15) is 0 Å². The van der Waals surface area contributed by atoms with Gasteiger partial charge < -0.3 is 4.90 Å². The Hall–Kier alpha value is -4.10. The van der Waals surface area contributed by atoms with Crippen LogP contribution in [0.1, 0.15) is 48.0 Å². The Morgan fingerprint density at radius 3 is 2.58 bits per heavy atom. The number of amides is 2. The number of hydrogen-bond acceptors (Lipinski definition) is 4. The zero-order valence-corrected chi connectivity index (χ0v) is 18.5. The minimum Gasteiger partial charge on any atom is -0.315 e. The number of nitrogens with zero attached hydrogens (tertiary/aromatic N) is 4. The van der Waals surface area contributed by atoms with Crippen LogP contribution in [-0.2, 0) is 11.3 Å². The SMILES string of the molecule is C#CCn1c(NC(=O)c2ccc(C#N)cc2)nc2cc(N(C)C(=O)C3CCCCC3)ccc21. The van der Waals surface area contributed by atoms with E-state index in [9.17, 15) is 9.59 Å². The number of anilines is 2. The predicted octanol–water partition coefficient (Wildman–Crippen LogP) is 4.34. The molecular formula is C26H25N5O2. The molecule has 1 aliphatic carbocycles. The Morgan fingerprint density at radius 2 is 1.91 bits per heavy atom. The fourth-order valence-corrected chi connectivity index (χ4v) is 4.29. The number of terminal acetylenes is 1. The topological polar surface area (TPSA) is 91.0 Å². The number of rotatable bonds is 5. The van der Waals surface area contributed by atoms with Gasteiger partial charge in [-0.15, -0.1) is 6.42 Å². The smallest absolute Gasteiger partial charge is 0.257 e. The molecular weight excluding hydrogens is 414 g/mol. The molecule has 1 aliphatic rings. The molecule has 0 saturated heterocycles. The van der Waals surface area contributed by atoms with Crippen molar-refractivity contribution in [3.63, 3.8) is 0 Å². The first-order valence-corrected chi connectivity index (χ1v) is 11.0. The molecule has 1 saturated carbocycles. The highest BCUT2D eigenvalue weighted by Gasteiger charge is 2.25. The molecule has 4 rings (SSSR count). The van der Waals surface area contributed by atoms with Crippen LogP contribution in [0.2, 0.25) is 0 Å². The first-order valence-electron chi connectivity index (χ1n) is 11.0. The molecule has 3 aromatic rings. The Bertz CT molecular complexity index is 1270. The summed E-state index contributed by atoms with van der Waals surface area (Å²) in [6.45, 7) is 0.232. The van der Waals surface area contributed by atoms with E-state index < -0.39 is 0 Å². The molecule has 1 heterocycles. The van der Waals surface area contributed by atoms with E-state index in [-0.39, 0.29) is 24.3 Å². The minimum atomic E-state index is -0.349. The highest BCUT2D eigenvalue weighted by Crippen LogP contribution is 2.29. The molecule has 7 heteroatoms. The van der Waals surface area contributed by atoms with E-state index in [2.05, 4.69) is 16.2 Å². The largest absolute Gasteiger partial charge is 0.315 e. The van der Waals surface area contributed by atoms with Crippen molar-refractivity contribution in [2.45, 2.75) is 38.6 Å². The third-order valence-electron chi connectivity index (χ3n) is 6.16. The van der Waals surface area contributed by atoms with Crippen molar-refractivity contribution in [3.05, 3.63) is 53.6 Å². The lowest BCUT2D eigenvalue weighted by molar-refractivity contribution is -0.123. The Morgan fingerprint density at radius 1 is 1.18 bits per heavy atom. The van der Waals surface area contributed by atoms with E-state index in [1.54, 1.807) is 40.8 Å². The van der Waals surface area contributed by atoms with Crippen LogP contribution in [0.5, 0.6) is 0 Å². The molecule has 1 fully saturated rings. The van der Waals surface area contributed by atoms with Gasteiger partial charge in [0.15, 0.2) is 0 Å². The van der Waals surface area contributed by atoms with Gasteiger partial charge in [-0.3, -0.25) is 19.5 Å². The van der Waals surface area contributed by atoms with Gasteiger partial charge >= 0.3 is 0 Å². The molecule has 2 aromatic carbocycles. The molecule has 7 nitrogen and oxygen atoms in total. The van der Waals surface area contributed by atoms with E-state index in [1.807, 2.05) is 24.3 Å². The summed E-state index contributed by atoms with van der Waals surface area (Å²) in [5, 5.41) is 11.8. The van der Waals surface area contributed by atoms with Crippen molar-refractivity contribution in [3.8, 4) is 18.4 Å². The summed E-state index contributed by atoms with van der Waals surface area (Å²) in [7, 11) is 1.80. The van der Waals surface area contributed by atoms with Crippen LogP contribution < -0.4 is 10.2 Å². The predicted molar refractivity (Wildman–Crippen MR) is 128 cm³/mol. The maximum atomic E-state index is 13.0. The van der Waals surface area contributed by atoms with Crippen molar-refractivity contribution in [2.24, 2.45) is 5.92 Å². The summed E-state index contributed by atoms with van der Waals surface area (Å²) in [5.74, 6) is 2.78. The molecule has 0 aliphatic heterocycles. The first-order chi connectivity index (χ1) is 16.0. The maximum absolute atomic E-state index is 13.0. The Kier molecular flexibility index (Phi) is 6.42. The van der Waals surface area contributed by atoms with Crippen LogP contribution in [0.3, 0.4) is 0 Å². The molecule has 0 unspecified atom stereocenters. The lowest BCUT2D eigenvalue weighted by atomic mass is 9.88. The number of aromatic nitrogens is 2. The van der Waals surface area contributed by atoms with Crippen molar-refractivity contribution in [1.29, 1.82) is 5.26 Å². The molecule has 0 bridgehead atoms.